The molecule has 0 aromatic heterocycles. The molecule has 1 heterocycles. The third-order valence-corrected chi connectivity index (χ3v) is 7.33. The Kier molecular flexibility index (Phi) is 6.99. The maximum atomic E-state index is 13.1. The number of amides is 1. The van der Waals surface area contributed by atoms with E-state index in [0.29, 0.717) is 19.0 Å². The zero-order valence-corrected chi connectivity index (χ0v) is 18.8. The molecule has 2 aromatic carbocycles. The van der Waals surface area contributed by atoms with Crippen LogP contribution >= 0.6 is 0 Å². The van der Waals surface area contributed by atoms with E-state index in [1.807, 2.05) is 0 Å². The second kappa shape index (κ2) is 9.53. The molecule has 11 heteroatoms. The van der Waals surface area contributed by atoms with Gasteiger partial charge in [0.2, 0.25) is 10.0 Å². The van der Waals surface area contributed by atoms with Crippen molar-refractivity contribution in [2.75, 3.05) is 32.6 Å². The summed E-state index contributed by atoms with van der Waals surface area (Å²) in [6.07, 6.45) is 1.55. The highest BCUT2D eigenvalue weighted by atomic mass is 32.2. The molecule has 0 unspecified atom stereocenters. The lowest BCUT2D eigenvalue weighted by molar-refractivity contribution is -0.384. The molecule has 1 amide bonds. The maximum Gasteiger partial charge on any atom is 0.271 e. The molecule has 172 valence electrons. The number of carbonyl (C=O) groups is 1. The Balaban J connectivity index is 1.95. The molecule has 1 fully saturated rings. The van der Waals surface area contributed by atoms with Gasteiger partial charge in [0.25, 0.3) is 11.6 Å². The van der Waals surface area contributed by atoms with Gasteiger partial charge in [-0.05, 0) is 43.0 Å². The highest BCUT2D eigenvalue weighted by molar-refractivity contribution is 7.89. The number of hydrogen-bond acceptors (Lipinski definition) is 7. The predicted octanol–water partition coefficient (Wildman–Crippen LogP) is 3.28. The van der Waals surface area contributed by atoms with Gasteiger partial charge in [-0.2, -0.15) is 4.31 Å². The number of hydrogen-bond donors (Lipinski definition) is 1. The van der Waals surface area contributed by atoms with E-state index in [0.717, 1.165) is 12.8 Å². The van der Waals surface area contributed by atoms with E-state index in [9.17, 15) is 23.3 Å². The quantitative estimate of drug-likeness (QED) is 0.493. The molecular formula is C21H25N3O7S. The number of piperidine rings is 1. The molecule has 0 atom stereocenters. The van der Waals surface area contributed by atoms with Gasteiger partial charge in [-0.15, -0.1) is 0 Å². The fourth-order valence-electron chi connectivity index (χ4n) is 3.50. The van der Waals surface area contributed by atoms with Crippen LogP contribution in [0.2, 0.25) is 0 Å². The fraction of sp³-hybridized carbons (Fsp3) is 0.381. The molecule has 10 nitrogen and oxygen atoms in total. The Morgan fingerprint density at radius 1 is 1.09 bits per heavy atom. The molecule has 1 saturated heterocycles. The van der Waals surface area contributed by atoms with Crippen LogP contribution in [0.4, 0.5) is 11.4 Å². The van der Waals surface area contributed by atoms with E-state index in [1.165, 1.54) is 54.9 Å². The van der Waals surface area contributed by atoms with Gasteiger partial charge in [0, 0.05) is 25.2 Å². The van der Waals surface area contributed by atoms with Crippen molar-refractivity contribution in [3.63, 3.8) is 0 Å². The number of nitrogens with zero attached hydrogens (tertiary/aromatic N) is 2. The van der Waals surface area contributed by atoms with Gasteiger partial charge in [0.1, 0.15) is 11.5 Å². The number of carbonyl (C=O) groups excluding carboxylic acids is 1. The molecule has 32 heavy (non-hydrogen) atoms. The molecule has 3 rings (SSSR count). The first-order chi connectivity index (χ1) is 15.2. The summed E-state index contributed by atoms with van der Waals surface area (Å²) < 4.78 is 38.0. The fourth-order valence-corrected chi connectivity index (χ4v) is 4.99. The topological polar surface area (TPSA) is 128 Å². The number of ether oxygens (including phenoxy) is 2. The standard InChI is InChI=1S/C21H25N3O7S/c1-14-8-10-23(11-9-14)32(28,29)16-5-7-19(30-2)17(13-16)21(25)22-18-12-15(24(26)27)4-6-20(18)31-3/h4-7,12-14H,8-11H2,1-3H3,(H,22,25). The van der Waals surface area contributed by atoms with Crippen LogP contribution in [0.3, 0.4) is 0 Å². The van der Waals surface area contributed by atoms with Gasteiger partial charge in [-0.25, -0.2) is 8.42 Å². The summed E-state index contributed by atoms with van der Waals surface area (Å²) in [6, 6.07) is 7.85. The Morgan fingerprint density at radius 3 is 2.31 bits per heavy atom. The summed E-state index contributed by atoms with van der Waals surface area (Å²) in [5.41, 5.74) is -0.178. The van der Waals surface area contributed by atoms with Crippen LogP contribution in [-0.4, -0.2) is 50.9 Å². The van der Waals surface area contributed by atoms with E-state index >= 15 is 0 Å². The van der Waals surface area contributed by atoms with E-state index in [2.05, 4.69) is 12.2 Å². The number of rotatable bonds is 7. The lowest BCUT2D eigenvalue weighted by atomic mass is 10.0. The van der Waals surface area contributed by atoms with Crippen LogP contribution in [0.25, 0.3) is 0 Å². The maximum absolute atomic E-state index is 13.1. The normalized spacial score (nSPS) is 15.2. The molecule has 2 aromatic rings. The molecule has 0 spiro atoms. The number of benzene rings is 2. The van der Waals surface area contributed by atoms with Crippen LogP contribution in [0, 0.1) is 16.0 Å². The van der Waals surface area contributed by atoms with Crippen molar-refractivity contribution in [2.24, 2.45) is 5.92 Å². The van der Waals surface area contributed by atoms with Crippen LogP contribution in [0.15, 0.2) is 41.3 Å². The summed E-state index contributed by atoms with van der Waals surface area (Å²) >= 11 is 0. The van der Waals surface area contributed by atoms with Crippen molar-refractivity contribution in [3.8, 4) is 11.5 Å². The summed E-state index contributed by atoms with van der Waals surface area (Å²) in [4.78, 5) is 23.5. The molecule has 0 aliphatic carbocycles. The van der Waals surface area contributed by atoms with Gasteiger partial charge in [-0.3, -0.25) is 14.9 Å². The van der Waals surface area contributed by atoms with Gasteiger partial charge < -0.3 is 14.8 Å². The van der Waals surface area contributed by atoms with Crippen molar-refractivity contribution in [1.29, 1.82) is 0 Å². The first kappa shape index (κ1) is 23.5. The molecule has 1 aliphatic rings. The van der Waals surface area contributed by atoms with Crippen molar-refractivity contribution in [2.45, 2.75) is 24.7 Å². The van der Waals surface area contributed by atoms with E-state index in [4.69, 9.17) is 9.47 Å². The minimum atomic E-state index is -3.79. The SMILES string of the molecule is COc1ccc([N+](=O)[O-])cc1NC(=O)c1cc(S(=O)(=O)N2CCC(C)CC2)ccc1OC. The monoisotopic (exact) mass is 463 g/mol. The second-order valence-corrected chi connectivity index (χ2v) is 9.48. The zero-order chi connectivity index (χ0) is 23.5. The third kappa shape index (κ3) is 4.83. The Morgan fingerprint density at radius 2 is 1.72 bits per heavy atom. The highest BCUT2D eigenvalue weighted by Crippen LogP contribution is 2.31. The number of nitro groups is 1. The van der Waals surface area contributed by atoms with E-state index < -0.39 is 20.9 Å². The minimum absolute atomic E-state index is 0.0208. The van der Waals surface area contributed by atoms with Crippen LogP contribution in [0.1, 0.15) is 30.1 Å². The molecular weight excluding hydrogens is 438 g/mol. The summed E-state index contributed by atoms with van der Waals surface area (Å²) in [6.45, 7) is 2.92. The van der Waals surface area contributed by atoms with Crippen LogP contribution < -0.4 is 14.8 Å². The van der Waals surface area contributed by atoms with Crippen molar-refractivity contribution in [1.82, 2.24) is 4.31 Å². The van der Waals surface area contributed by atoms with Crippen LogP contribution in [0.5, 0.6) is 11.5 Å². The zero-order valence-electron chi connectivity index (χ0n) is 18.0. The molecule has 1 aliphatic heterocycles. The summed E-state index contributed by atoms with van der Waals surface area (Å²) in [5, 5.41) is 13.7. The van der Waals surface area contributed by atoms with Gasteiger partial charge >= 0.3 is 0 Å². The lowest BCUT2D eigenvalue weighted by Crippen LogP contribution is -2.37. The molecule has 0 bridgehead atoms. The first-order valence-electron chi connectivity index (χ1n) is 9.99. The Bertz CT molecular complexity index is 1130. The van der Waals surface area contributed by atoms with Crippen molar-refractivity contribution < 1.29 is 27.6 Å². The average Bonchev–Trinajstić information content (AvgIpc) is 2.78. The van der Waals surface area contributed by atoms with Gasteiger partial charge in [0.05, 0.1) is 35.3 Å². The number of anilines is 1. The Hall–Kier alpha value is -3.18. The largest absolute Gasteiger partial charge is 0.496 e. The number of nitrogens with one attached hydrogen (secondary N) is 1. The lowest BCUT2D eigenvalue weighted by Gasteiger charge is -2.29. The molecule has 0 saturated carbocycles. The van der Waals surface area contributed by atoms with Gasteiger partial charge in [-0.1, -0.05) is 6.92 Å². The summed E-state index contributed by atoms with van der Waals surface area (Å²) in [5.74, 6) is 0.153. The van der Waals surface area contributed by atoms with Crippen molar-refractivity contribution in [3.05, 3.63) is 52.1 Å². The number of sulfonamides is 1. The molecule has 1 N–H and O–H groups in total. The third-order valence-electron chi connectivity index (χ3n) is 5.44. The Labute approximate surface area is 186 Å². The summed E-state index contributed by atoms with van der Waals surface area (Å²) in [7, 11) is -1.06. The van der Waals surface area contributed by atoms with E-state index in [1.54, 1.807) is 0 Å². The first-order valence-corrected chi connectivity index (χ1v) is 11.4. The number of nitro benzene ring substituents is 1. The minimum Gasteiger partial charge on any atom is -0.496 e. The van der Waals surface area contributed by atoms with E-state index in [-0.39, 0.29) is 33.3 Å². The number of methoxy groups -OCH3 is 2. The number of non-ortho nitro benzene ring substituents is 1. The van der Waals surface area contributed by atoms with Crippen LogP contribution in [-0.2, 0) is 10.0 Å². The van der Waals surface area contributed by atoms with Gasteiger partial charge in [0.15, 0.2) is 0 Å². The van der Waals surface area contributed by atoms with Crippen molar-refractivity contribution >= 4 is 27.3 Å². The molecule has 0 radical (unpaired) electrons. The average molecular weight is 464 g/mol. The smallest absolute Gasteiger partial charge is 0.271 e. The second-order valence-electron chi connectivity index (χ2n) is 7.54. The highest BCUT2D eigenvalue weighted by Gasteiger charge is 2.29. The predicted molar refractivity (Wildman–Crippen MR) is 118 cm³/mol.